The van der Waals surface area contributed by atoms with Gasteiger partial charge in [0.2, 0.25) is 0 Å². The van der Waals surface area contributed by atoms with Crippen LogP contribution >= 0.6 is 46.4 Å². The summed E-state index contributed by atoms with van der Waals surface area (Å²) in [7, 11) is 0. The third kappa shape index (κ3) is 3.45. The van der Waals surface area contributed by atoms with Crippen molar-refractivity contribution in [3.63, 3.8) is 0 Å². The molecule has 26 heavy (non-hydrogen) atoms. The third-order valence-corrected chi connectivity index (χ3v) is 4.86. The van der Waals surface area contributed by atoms with Gasteiger partial charge in [0.1, 0.15) is 5.56 Å². The van der Waals surface area contributed by atoms with Gasteiger partial charge in [0.25, 0.3) is 11.0 Å². The first-order chi connectivity index (χ1) is 12.1. The van der Waals surface area contributed by atoms with Crippen molar-refractivity contribution in [1.29, 1.82) is 0 Å². The first-order valence-electron chi connectivity index (χ1n) is 7.31. The van der Waals surface area contributed by atoms with E-state index in [1.54, 1.807) is 18.2 Å². The predicted octanol–water partition coefficient (Wildman–Crippen LogP) is 5.23. The van der Waals surface area contributed by atoms with Crippen molar-refractivity contribution < 1.29 is 19.4 Å². The molecule has 0 saturated heterocycles. The number of carboxylic acids is 1. The largest absolute Gasteiger partial charge is 0.478 e. The lowest BCUT2D eigenvalue weighted by molar-refractivity contribution is -0.128. The van der Waals surface area contributed by atoms with Crippen molar-refractivity contribution in [2.24, 2.45) is 0 Å². The minimum Gasteiger partial charge on any atom is -0.478 e. The van der Waals surface area contributed by atoms with E-state index in [-0.39, 0.29) is 28.6 Å². The zero-order chi connectivity index (χ0) is 19.2. The second-order valence-corrected chi connectivity index (χ2v) is 7.75. The maximum Gasteiger partial charge on any atom is 0.339 e. The van der Waals surface area contributed by atoms with Gasteiger partial charge in [-0.05, 0) is 36.8 Å². The van der Waals surface area contributed by atoms with Crippen LogP contribution in [0.1, 0.15) is 22.8 Å². The van der Waals surface area contributed by atoms with E-state index in [0.29, 0.717) is 15.6 Å². The summed E-state index contributed by atoms with van der Waals surface area (Å²) >= 11 is 24.3. The standard InChI is InChI=1S/C17H11Cl4NO4/c1-17(21)16(25)22(7-8-2-3-9(18)5-12(8)20)13-6-10(19)4-11(15(23)24)14(13)26-17/h2-6H,7H2,1H3,(H,23,24). The number of alkyl halides is 1. The van der Waals surface area contributed by atoms with Crippen LogP contribution in [-0.4, -0.2) is 22.0 Å². The van der Waals surface area contributed by atoms with Crippen LogP contribution in [0.15, 0.2) is 30.3 Å². The van der Waals surface area contributed by atoms with E-state index in [2.05, 4.69) is 0 Å². The van der Waals surface area contributed by atoms with Crippen LogP contribution in [0.5, 0.6) is 5.75 Å². The second kappa shape index (κ2) is 6.82. The van der Waals surface area contributed by atoms with E-state index in [9.17, 15) is 14.7 Å². The molecule has 0 aliphatic carbocycles. The van der Waals surface area contributed by atoms with Crippen LogP contribution < -0.4 is 9.64 Å². The summed E-state index contributed by atoms with van der Waals surface area (Å²) < 4.78 is 5.48. The summed E-state index contributed by atoms with van der Waals surface area (Å²) in [6.07, 6.45) is 0. The number of fused-ring (bicyclic) bond motifs is 1. The van der Waals surface area contributed by atoms with Gasteiger partial charge in [-0.1, -0.05) is 52.5 Å². The molecule has 1 amide bonds. The van der Waals surface area contributed by atoms with Gasteiger partial charge in [-0.3, -0.25) is 9.69 Å². The Labute approximate surface area is 169 Å². The molecule has 1 aliphatic heterocycles. The molecule has 0 bridgehead atoms. The summed E-state index contributed by atoms with van der Waals surface area (Å²) in [5.74, 6) is -1.87. The number of amides is 1. The summed E-state index contributed by atoms with van der Waals surface area (Å²) in [5.41, 5.74) is 0.602. The highest BCUT2D eigenvalue weighted by Crippen LogP contribution is 2.44. The molecule has 1 aliphatic rings. The maximum absolute atomic E-state index is 12.8. The fourth-order valence-electron chi connectivity index (χ4n) is 2.61. The van der Waals surface area contributed by atoms with Gasteiger partial charge >= 0.3 is 5.97 Å². The fourth-order valence-corrected chi connectivity index (χ4v) is 3.47. The van der Waals surface area contributed by atoms with Gasteiger partial charge in [-0.25, -0.2) is 4.79 Å². The van der Waals surface area contributed by atoms with Gasteiger partial charge in [-0.15, -0.1) is 0 Å². The van der Waals surface area contributed by atoms with Crippen molar-refractivity contribution >= 4 is 64.0 Å². The van der Waals surface area contributed by atoms with Crippen LogP contribution in [-0.2, 0) is 11.3 Å². The Morgan fingerprint density at radius 3 is 2.50 bits per heavy atom. The smallest absolute Gasteiger partial charge is 0.339 e. The molecule has 2 aromatic rings. The third-order valence-electron chi connectivity index (χ3n) is 3.82. The van der Waals surface area contributed by atoms with Crippen LogP contribution in [0.2, 0.25) is 15.1 Å². The second-order valence-electron chi connectivity index (χ2n) is 5.75. The number of hydrogen-bond donors (Lipinski definition) is 1. The van der Waals surface area contributed by atoms with Gasteiger partial charge < -0.3 is 9.84 Å². The van der Waals surface area contributed by atoms with Crippen molar-refractivity contribution in [1.82, 2.24) is 0 Å². The van der Waals surface area contributed by atoms with Gasteiger partial charge in [0, 0.05) is 15.1 Å². The highest BCUT2D eigenvalue weighted by atomic mass is 35.5. The van der Waals surface area contributed by atoms with Crippen molar-refractivity contribution in [2.75, 3.05) is 4.90 Å². The predicted molar refractivity (Wildman–Crippen MR) is 101 cm³/mol. The zero-order valence-corrected chi connectivity index (χ0v) is 16.2. The summed E-state index contributed by atoms with van der Waals surface area (Å²) in [4.78, 5) is 25.6. The first kappa shape index (κ1) is 19.1. The summed E-state index contributed by atoms with van der Waals surface area (Å²) in [6, 6.07) is 7.53. The van der Waals surface area contributed by atoms with Crippen molar-refractivity contribution in [2.45, 2.75) is 18.5 Å². The number of hydrogen-bond acceptors (Lipinski definition) is 3. The Kier molecular flexibility index (Phi) is 5.01. The molecule has 1 heterocycles. The molecule has 1 unspecified atom stereocenters. The van der Waals surface area contributed by atoms with Gasteiger partial charge in [-0.2, -0.15) is 0 Å². The molecule has 1 N–H and O–H groups in total. The Morgan fingerprint density at radius 1 is 1.19 bits per heavy atom. The monoisotopic (exact) mass is 433 g/mol. The molecule has 2 aromatic carbocycles. The lowest BCUT2D eigenvalue weighted by atomic mass is 10.1. The molecule has 0 fully saturated rings. The molecule has 0 saturated carbocycles. The molecular weight excluding hydrogens is 424 g/mol. The summed E-state index contributed by atoms with van der Waals surface area (Å²) in [5, 5.41) is 8.61. The molecule has 3 rings (SSSR count). The van der Waals surface area contributed by atoms with E-state index in [1.165, 1.54) is 24.0 Å². The Morgan fingerprint density at radius 2 is 1.88 bits per heavy atom. The molecule has 9 heteroatoms. The van der Waals surface area contributed by atoms with Crippen LogP contribution in [0, 0.1) is 0 Å². The quantitative estimate of drug-likeness (QED) is 0.672. The molecular formula is C17H11Cl4NO4. The molecule has 0 spiro atoms. The van der Waals surface area contributed by atoms with E-state index >= 15 is 0 Å². The van der Waals surface area contributed by atoms with Crippen LogP contribution in [0.3, 0.4) is 0 Å². The van der Waals surface area contributed by atoms with E-state index in [4.69, 9.17) is 51.1 Å². The Hall–Kier alpha value is -1.66. The average Bonchev–Trinajstić information content (AvgIpc) is 2.53. The number of carboxylic acid groups (broad SMARTS) is 1. The Bertz CT molecular complexity index is 929. The summed E-state index contributed by atoms with van der Waals surface area (Å²) in [6.45, 7) is 1.38. The topological polar surface area (TPSA) is 66.8 Å². The van der Waals surface area contributed by atoms with E-state index in [1.807, 2.05) is 0 Å². The van der Waals surface area contributed by atoms with Gasteiger partial charge in [0.15, 0.2) is 5.75 Å². The molecule has 5 nitrogen and oxygen atoms in total. The SMILES string of the molecule is CC1(Cl)Oc2c(C(=O)O)cc(Cl)cc2N(Cc2ccc(Cl)cc2Cl)C1=O. The van der Waals surface area contributed by atoms with Crippen molar-refractivity contribution in [3.05, 3.63) is 56.5 Å². The average molecular weight is 435 g/mol. The number of ether oxygens (including phenoxy) is 1. The number of aromatic carboxylic acids is 1. The molecule has 136 valence electrons. The van der Waals surface area contributed by atoms with Gasteiger partial charge in [0.05, 0.1) is 12.2 Å². The molecule has 0 radical (unpaired) electrons. The molecule has 0 aromatic heterocycles. The zero-order valence-electron chi connectivity index (χ0n) is 13.2. The number of halogens is 4. The lowest BCUT2D eigenvalue weighted by Gasteiger charge is -2.38. The minimum absolute atomic E-state index is 0.0346. The number of carbonyl (C=O) groups is 2. The van der Waals surface area contributed by atoms with Crippen LogP contribution in [0.25, 0.3) is 0 Å². The van der Waals surface area contributed by atoms with E-state index in [0.717, 1.165) is 0 Å². The highest BCUT2D eigenvalue weighted by Gasteiger charge is 2.45. The maximum atomic E-state index is 12.8. The lowest BCUT2D eigenvalue weighted by Crippen LogP contribution is -2.51. The highest BCUT2D eigenvalue weighted by molar-refractivity contribution is 6.37. The number of rotatable bonds is 3. The van der Waals surface area contributed by atoms with Crippen LogP contribution in [0.4, 0.5) is 5.69 Å². The molecule has 1 atom stereocenters. The first-order valence-corrected chi connectivity index (χ1v) is 8.82. The number of benzene rings is 2. The van der Waals surface area contributed by atoms with E-state index < -0.39 is 16.9 Å². The number of nitrogens with zero attached hydrogens (tertiary/aromatic N) is 1. The number of carbonyl (C=O) groups excluding carboxylic acids is 1. The Balaban J connectivity index is 2.16. The minimum atomic E-state index is -1.77. The number of anilines is 1. The fraction of sp³-hybridized carbons (Fsp3) is 0.176. The normalized spacial score (nSPS) is 19.1. The van der Waals surface area contributed by atoms with Crippen molar-refractivity contribution in [3.8, 4) is 5.75 Å².